The van der Waals surface area contributed by atoms with Crippen LogP contribution >= 0.6 is 0 Å². The second-order valence-corrected chi connectivity index (χ2v) is 14.3. The maximum Gasteiger partial charge on any atom is 0.410 e. The second kappa shape index (κ2) is 14.6. The van der Waals surface area contributed by atoms with Crippen LogP contribution in [0.25, 0.3) is 32.7 Å². The summed E-state index contributed by atoms with van der Waals surface area (Å²) in [6, 6.07) is 28.7. The lowest BCUT2D eigenvalue weighted by atomic mass is 9.89. The van der Waals surface area contributed by atoms with Crippen molar-refractivity contribution in [2.45, 2.75) is 31.9 Å². The van der Waals surface area contributed by atoms with Crippen molar-refractivity contribution in [2.24, 2.45) is 11.7 Å². The number of amides is 2. The third-order valence-corrected chi connectivity index (χ3v) is 11.0. The minimum Gasteiger partial charge on any atom is -0.445 e. The summed E-state index contributed by atoms with van der Waals surface area (Å²) in [7, 11) is 2.13. The molecule has 10 heteroatoms. The molecule has 10 nitrogen and oxygen atoms in total. The zero-order valence-electron chi connectivity index (χ0n) is 29.6. The van der Waals surface area contributed by atoms with Gasteiger partial charge in [0.05, 0.1) is 29.8 Å². The lowest BCUT2D eigenvalue weighted by Gasteiger charge is -2.37. The number of rotatable bonds is 9. The van der Waals surface area contributed by atoms with E-state index in [2.05, 4.69) is 86.1 Å². The van der Waals surface area contributed by atoms with Gasteiger partial charge in [0.15, 0.2) is 0 Å². The summed E-state index contributed by atoms with van der Waals surface area (Å²) in [4.78, 5) is 41.0. The fourth-order valence-electron chi connectivity index (χ4n) is 8.07. The summed E-state index contributed by atoms with van der Waals surface area (Å²) >= 11 is 0. The van der Waals surface area contributed by atoms with Crippen LogP contribution < -0.4 is 10.6 Å². The Balaban J connectivity index is 1.07. The third-order valence-electron chi connectivity index (χ3n) is 11.0. The van der Waals surface area contributed by atoms with Gasteiger partial charge < -0.3 is 34.7 Å². The van der Waals surface area contributed by atoms with Crippen LogP contribution in [-0.4, -0.2) is 82.7 Å². The first-order valence-corrected chi connectivity index (χ1v) is 18.3. The monoisotopic (exact) mass is 695 g/mol. The molecule has 4 aromatic carbocycles. The van der Waals surface area contributed by atoms with Gasteiger partial charge in [-0.05, 0) is 71.0 Å². The highest BCUT2D eigenvalue weighted by molar-refractivity contribution is 6.09. The van der Waals surface area contributed by atoms with E-state index in [0.717, 1.165) is 89.8 Å². The Bertz CT molecular complexity index is 2190. The molecule has 2 amide bonds. The van der Waals surface area contributed by atoms with Crippen LogP contribution in [0.5, 0.6) is 0 Å². The number of piperidine rings is 1. The topological polar surface area (TPSA) is 113 Å². The Kier molecular flexibility index (Phi) is 9.38. The molecule has 0 bridgehead atoms. The van der Waals surface area contributed by atoms with Gasteiger partial charge in [0.2, 0.25) is 0 Å². The number of hydrogen-bond acceptors (Lipinski definition) is 6. The number of benzene rings is 4. The SMILES string of the molecule is CN1CCN(c2c(C(N)=O)c(-c3cccc4ccccc34)cn2C(CC2CCN(C(=O)OCc3ccc4ccccc4c3)CC2)c2cnc[nH]2)CC1. The molecular formula is C42H45N7O3. The molecule has 3 N–H and O–H groups in total. The van der Waals surface area contributed by atoms with Gasteiger partial charge in [-0.15, -0.1) is 0 Å². The number of nitrogens with one attached hydrogen (secondary N) is 1. The summed E-state index contributed by atoms with van der Waals surface area (Å²) in [6.45, 7) is 4.84. The molecule has 4 heterocycles. The van der Waals surface area contributed by atoms with Crippen LogP contribution in [0, 0.1) is 5.92 Å². The summed E-state index contributed by atoms with van der Waals surface area (Å²) < 4.78 is 8.06. The highest BCUT2D eigenvalue weighted by Crippen LogP contribution is 2.42. The molecule has 2 aromatic heterocycles. The number of ether oxygens (including phenoxy) is 1. The average molecular weight is 696 g/mol. The van der Waals surface area contributed by atoms with E-state index in [1.54, 1.807) is 6.33 Å². The Hall–Kier alpha value is -5.61. The molecule has 0 aliphatic carbocycles. The van der Waals surface area contributed by atoms with Crippen LogP contribution in [0.4, 0.5) is 10.6 Å². The number of H-pyrrole nitrogens is 1. The molecule has 0 spiro atoms. The number of primary amides is 1. The van der Waals surface area contributed by atoms with Crippen LogP contribution in [0.15, 0.2) is 104 Å². The van der Waals surface area contributed by atoms with Gasteiger partial charge in [0, 0.05) is 51.0 Å². The van der Waals surface area contributed by atoms with Crippen molar-refractivity contribution in [2.75, 3.05) is 51.2 Å². The van der Waals surface area contributed by atoms with Gasteiger partial charge in [-0.25, -0.2) is 9.78 Å². The maximum atomic E-state index is 13.6. The van der Waals surface area contributed by atoms with Crippen LogP contribution in [-0.2, 0) is 11.3 Å². The molecule has 2 aliphatic heterocycles. The lowest BCUT2D eigenvalue weighted by molar-refractivity contribution is 0.0805. The van der Waals surface area contributed by atoms with Crippen molar-refractivity contribution in [3.05, 3.63) is 120 Å². The van der Waals surface area contributed by atoms with Gasteiger partial charge in [-0.3, -0.25) is 4.79 Å². The molecule has 1 unspecified atom stereocenters. The lowest BCUT2D eigenvalue weighted by Crippen LogP contribution is -2.46. The van der Waals surface area contributed by atoms with E-state index in [0.29, 0.717) is 24.6 Å². The first-order chi connectivity index (χ1) is 25.4. The Morgan fingerprint density at radius 1 is 0.865 bits per heavy atom. The van der Waals surface area contributed by atoms with E-state index >= 15 is 0 Å². The zero-order chi connectivity index (χ0) is 35.6. The number of aromatic amines is 1. The summed E-state index contributed by atoms with van der Waals surface area (Å²) in [5, 5.41) is 4.48. The predicted molar refractivity (Wildman–Crippen MR) is 205 cm³/mol. The first-order valence-electron chi connectivity index (χ1n) is 18.3. The normalized spacial score (nSPS) is 16.4. The fraction of sp³-hybridized carbons (Fsp3) is 0.310. The zero-order valence-corrected chi connectivity index (χ0v) is 29.6. The quantitative estimate of drug-likeness (QED) is 0.168. The number of carbonyl (C=O) groups excluding carboxylic acids is 2. The van der Waals surface area contributed by atoms with Crippen molar-refractivity contribution in [3.63, 3.8) is 0 Å². The molecule has 52 heavy (non-hydrogen) atoms. The number of imidazole rings is 1. The highest BCUT2D eigenvalue weighted by Gasteiger charge is 2.34. The van der Waals surface area contributed by atoms with Gasteiger partial charge in [-0.1, -0.05) is 78.9 Å². The van der Waals surface area contributed by atoms with Crippen molar-refractivity contribution in [1.29, 1.82) is 0 Å². The first kappa shape index (κ1) is 33.5. The maximum absolute atomic E-state index is 13.6. The van der Waals surface area contributed by atoms with E-state index in [4.69, 9.17) is 10.5 Å². The molecule has 8 rings (SSSR count). The van der Waals surface area contributed by atoms with Crippen LogP contribution in [0.1, 0.15) is 46.9 Å². The molecule has 2 aliphatic rings. The van der Waals surface area contributed by atoms with Crippen molar-refractivity contribution in [1.82, 2.24) is 24.3 Å². The fourth-order valence-corrected chi connectivity index (χ4v) is 8.07. The third kappa shape index (κ3) is 6.74. The van der Waals surface area contributed by atoms with Gasteiger partial charge in [-0.2, -0.15) is 0 Å². The number of carbonyl (C=O) groups is 2. The molecule has 2 fully saturated rings. The van der Waals surface area contributed by atoms with E-state index in [-0.39, 0.29) is 18.7 Å². The van der Waals surface area contributed by atoms with Crippen molar-refractivity contribution < 1.29 is 14.3 Å². The minimum atomic E-state index is -0.436. The highest BCUT2D eigenvalue weighted by atomic mass is 16.6. The molecule has 1 atom stereocenters. The molecular weight excluding hydrogens is 651 g/mol. The smallest absolute Gasteiger partial charge is 0.410 e. The Morgan fingerprint density at radius 3 is 2.35 bits per heavy atom. The number of nitrogens with zero attached hydrogens (tertiary/aromatic N) is 5. The number of likely N-dealkylation sites (N-methyl/N-ethyl adjacent to an activating group) is 1. The second-order valence-electron chi connectivity index (χ2n) is 14.3. The molecule has 6 aromatic rings. The van der Waals surface area contributed by atoms with Crippen LogP contribution in [0.2, 0.25) is 0 Å². The van der Waals surface area contributed by atoms with Gasteiger partial charge >= 0.3 is 6.09 Å². The predicted octanol–water partition coefficient (Wildman–Crippen LogP) is 7.06. The number of hydrogen-bond donors (Lipinski definition) is 2. The number of likely N-dealkylation sites (tertiary alicyclic amines) is 1. The van der Waals surface area contributed by atoms with E-state index < -0.39 is 5.91 Å². The standard InChI is InChI=1S/C42H45N7O3/c1-46-19-21-47(22-20-46)41-39(40(43)50)36(35-12-6-10-32-8-4-5-11-34(32)35)26-49(41)38(37-25-44-28-45-37)24-29-15-17-48(18-16-29)42(51)52-27-30-13-14-31-7-2-3-9-33(31)23-30/h2-14,23,25-26,28-29,38H,15-22,24,27H2,1H3,(H2,43,50)(H,44,45). The van der Waals surface area contributed by atoms with Gasteiger partial charge in [0.1, 0.15) is 12.4 Å². The molecule has 0 radical (unpaired) electrons. The average Bonchev–Trinajstić information content (AvgIpc) is 3.86. The van der Waals surface area contributed by atoms with E-state index in [1.165, 1.54) is 5.39 Å². The number of fused-ring (bicyclic) bond motifs is 2. The van der Waals surface area contributed by atoms with Crippen molar-refractivity contribution in [3.8, 4) is 11.1 Å². The van der Waals surface area contributed by atoms with Crippen molar-refractivity contribution >= 4 is 39.4 Å². The van der Waals surface area contributed by atoms with E-state index in [9.17, 15) is 9.59 Å². The summed E-state index contributed by atoms with van der Waals surface area (Å²) in [5.41, 5.74) is 10.6. The number of anilines is 1. The largest absolute Gasteiger partial charge is 0.445 e. The Labute approximate surface area is 303 Å². The number of piperazine rings is 1. The molecule has 0 saturated carbocycles. The molecule has 2 saturated heterocycles. The number of aromatic nitrogens is 3. The summed E-state index contributed by atoms with van der Waals surface area (Å²) in [6.07, 6.45) is 7.98. The van der Waals surface area contributed by atoms with Gasteiger partial charge in [0.25, 0.3) is 5.91 Å². The Morgan fingerprint density at radius 2 is 1.60 bits per heavy atom. The number of nitrogens with two attached hydrogens (primary N) is 1. The summed E-state index contributed by atoms with van der Waals surface area (Å²) in [5.74, 6) is 0.755. The van der Waals surface area contributed by atoms with E-state index in [1.807, 2.05) is 47.5 Å². The molecule has 266 valence electrons. The minimum absolute atomic E-state index is 0.129. The van der Waals surface area contributed by atoms with Crippen LogP contribution in [0.3, 0.4) is 0 Å².